The van der Waals surface area contributed by atoms with Gasteiger partial charge in [0.1, 0.15) is 5.82 Å². The van der Waals surface area contributed by atoms with Crippen molar-refractivity contribution in [3.8, 4) is 0 Å². The summed E-state index contributed by atoms with van der Waals surface area (Å²) in [6.45, 7) is 2.26. The summed E-state index contributed by atoms with van der Waals surface area (Å²) in [5.74, 6) is -0.541. The third-order valence-corrected chi connectivity index (χ3v) is 3.64. The lowest BCUT2D eigenvalue weighted by Gasteiger charge is -2.29. The summed E-state index contributed by atoms with van der Waals surface area (Å²) in [6, 6.07) is 10.9. The molecule has 21 heavy (non-hydrogen) atoms. The fourth-order valence-electron chi connectivity index (χ4n) is 2.54. The van der Waals surface area contributed by atoms with Crippen molar-refractivity contribution in [3.05, 3.63) is 65.0 Å². The summed E-state index contributed by atoms with van der Waals surface area (Å²) >= 11 is 0. The first-order chi connectivity index (χ1) is 10.1. The maximum atomic E-state index is 13.0. The van der Waals surface area contributed by atoms with Crippen molar-refractivity contribution < 1.29 is 14.0 Å². The van der Waals surface area contributed by atoms with Crippen LogP contribution < -0.4 is 4.90 Å². The summed E-state index contributed by atoms with van der Waals surface area (Å²) < 4.78 is 13.0. The van der Waals surface area contributed by atoms with Crippen LogP contribution in [0.2, 0.25) is 0 Å². The van der Waals surface area contributed by atoms with E-state index in [1.54, 1.807) is 11.0 Å². The van der Waals surface area contributed by atoms with E-state index >= 15 is 0 Å². The average molecular weight is 283 g/mol. The number of fused-ring (bicyclic) bond motifs is 1. The standard InChI is InChI=1S/C17H14FNO2/c1-11-2-7-15-14(10-11)16(20)8-9-19(15)17(21)12-3-5-13(18)6-4-12/h2-7,10H,8-9H2,1H3. The smallest absolute Gasteiger partial charge is 0.258 e. The molecule has 106 valence electrons. The lowest BCUT2D eigenvalue weighted by Crippen LogP contribution is -2.37. The number of hydrogen-bond acceptors (Lipinski definition) is 2. The first-order valence-electron chi connectivity index (χ1n) is 6.77. The molecule has 0 aromatic heterocycles. The molecular formula is C17H14FNO2. The largest absolute Gasteiger partial charge is 0.307 e. The molecule has 0 fully saturated rings. The molecule has 2 aromatic carbocycles. The molecule has 0 unspecified atom stereocenters. The Kier molecular flexibility index (Phi) is 3.29. The quantitative estimate of drug-likeness (QED) is 0.804. The number of aryl methyl sites for hydroxylation is 1. The maximum Gasteiger partial charge on any atom is 0.258 e. The number of nitrogens with zero attached hydrogens (tertiary/aromatic N) is 1. The van der Waals surface area contributed by atoms with Crippen LogP contribution in [-0.4, -0.2) is 18.2 Å². The Morgan fingerprint density at radius 1 is 1.14 bits per heavy atom. The van der Waals surface area contributed by atoms with Crippen LogP contribution in [0, 0.1) is 12.7 Å². The van der Waals surface area contributed by atoms with Gasteiger partial charge in [0, 0.05) is 24.1 Å². The molecule has 2 aromatic rings. The lowest BCUT2D eigenvalue weighted by molar-refractivity contribution is 0.0955. The number of benzene rings is 2. The molecule has 1 amide bonds. The van der Waals surface area contributed by atoms with Crippen LogP contribution in [0.15, 0.2) is 42.5 Å². The zero-order valence-electron chi connectivity index (χ0n) is 11.6. The number of halogens is 1. The molecule has 0 bridgehead atoms. The summed E-state index contributed by atoms with van der Waals surface area (Å²) in [7, 11) is 0. The highest BCUT2D eigenvalue weighted by Gasteiger charge is 2.27. The Balaban J connectivity index is 2.01. The van der Waals surface area contributed by atoms with E-state index < -0.39 is 0 Å². The van der Waals surface area contributed by atoms with Gasteiger partial charge < -0.3 is 4.90 Å². The lowest BCUT2D eigenvalue weighted by atomic mass is 9.97. The van der Waals surface area contributed by atoms with Gasteiger partial charge in [-0.1, -0.05) is 11.6 Å². The minimum Gasteiger partial charge on any atom is -0.307 e. The summed E-state index contributed by atoms with van der Waals surface area (Å²) in [4.78, 5) is 26.1. The average Bonchev–Trinajstić information content (AvgIpc) is 2.48. The van der Waals surface area contributed by atoms with Crippen molar-refractivity contribution >= 4 is 17.4 Å². The number of Topliss-reactive ketones (excluding diaryl/α,β-unsaturated/α-hetero) is 1. The van der Waals surface area contributed by atoms with Crippen LogP contribution >= 0.6 is 0 Å². The highest BCUT2D eigenvalue weighted by atomic mass is 19.1. The van der Waals surface area contributed by atoms with Gasteiger partial charge in [0.15, 0.2) is 5.78 Å². The Bertz CT molecular complexity index is 722. The second-order valence-electron chi connectivity index (χ2n) is 5.16. The van der Waals surface area contributed by atoms with E-state index in [2.05, 4.69) is 0 Å². The summed E-state index contributed by atoms with van der Waals surface area (Å²) in [6.07, 6.45) is 0.309. The predicted octanol–water partition coefficient (Wildman–Crippen LogP) is 3.37. The number of amides is 1. The topological polar surface area (TPSA) is 37.4 Å². The Morgan fingerprint density at radius 2 is 1.86 bits per heavy atom. The molecule has 0 saturated heterocycles. The van der Waals surface area contributed by atoms with Crippen molar-refractivity contribution in [2.45, 2.75) is 13.3 Å². The number of ketones is 1. The molecule has 4 heteroatoms. The Labute approximate surface area is 122 Å². The molecule has 0 spiro atoms. The minimum atomic E-state index is -0.378. The van der Waals surface area contributed by atoms with Crippen molar-refractivity contribution in [2.24, 2.45) is 0 Å². The SMILES string of the molecule is Cc1ccc2c(c1)C(=O)CCN2C(=O)c1ccc(F)cc1. The van der Waals surface area contributed by atoms with Gasteiger partial charge in [0.05, 0.1) is 5.69 Å². The van der Waals surface area contributed by atoms with Crippen LogP contribution in [-0.2, 0) is 0 Å². The normalized spacial score (nSPS) is 14.0. The summed E-state index contributed by atoms with van der Waals surface area (Å²) in [5, 5.41) is 0. The van der Waals surface area contributed by atoms with E-state index in [4.69, 9.17) is 0 Å². The zero-order chi connectivity index (χ0) is 15.0. The van der Waals surface area contributed by atoms with E-state index in [9.17, 15) is 14.0 Å². The van der Waals surface area contributed by atoms with Gasteiger partial charge in [-0.2, -0.15) is 0 Å². The van der Waals surface area contributed by atoms with Gasteiger partial charge >= 0.3 is 0 Å². The highest BCUT2D eigenvalue weighted by molar-refractivity contribution is 6.13. The molecule has 0 aliphatic carbocycles. The number of anilines is 1. The van der Waals surface area contributed by atoms with Crippen molar-refractivity contribution in [1.82, 2.24) is 0 Å². The molecule has 0 atom stereocenters. The molecule has 1 aliphatic rings. The molecule has 0 N–H and O–H groups in total. The molecule has 1 heterocycles. The van der Waals surface area contributed by atoms with Crippen LogP contribution in [0.25, 0.3) is 0 Å². The molecular weight excluding hydrogens is 269 g/mol. The Hall–Kier alpha value is -2.49. The van der Waals surface area contributed by atoms with Gasteiger partial charge in [-0.05, 0) is 43.3 Å². The Morgan fingerprint density at radius 3 is 2.57 bits per heavy atom. The van der Waals surface area contributed by atoms with E-state index in [0.717, 1.165) is 5.56 Å². The molecule has 3 nitrogen and oxygen atoms in total. The van der Waals surface area contributed by atoms with E-state index in [-0.39, 0.29) is 17.5 Å². The minimum absolute atomic E-state index is 0.0526. The predicted molar refractivity (Wildman–Crippen MR) is 78.2 cm³/mol. The first kappa shape index (κ1) is 13.5. The highest BCUT2D eigenvalue weighted by Crippen LogP contribution is 2.29. The second kappa shape index (κ2) is 5.13. The van der Waals surface area contributed by atoms with E-state index in [1.165, 1.54) is 24.3 Å². The summed E-state index contributed by atoms with van der Waals surface area (Å²) in [5.41, 5.74) is 2.61. The van der Waals surface area contributed by atoms with E-state index in [0.29, 0.717) is 29.8 Å². The van der Waals surface area contributed by atoms with Gasteiger partial charge in [0.25, 0.3) is 5.91 Å². The first-order valence-corrected chi connectivity index (χ1v) is 6.77. The van der Waals surface area contributed by atoms with Crippen LogP contribution in [0.4, 0.5) is 10.1 Å². The number of carbonyl (C=O) groups is 2. The number of carbonyl (C=O) groups excluding carboxylic acids is 2. The van der Waals surface area contributed by atoms with Crippen LogP contribution in [0.3, 0.4) is 0 Å². The monoisotopic (exact) mass is 283 g/mol. The molecule has 0 radical (unpaired) electrons. The molecule has 1 aliphatic heterocycles. The van der Waals surface area contributed by atoms with Gasteiger partial charge in [-0.3, -0.25) is 9.59 Å². The second-order valence-corrected chi connectivity index (χ2v) is 5.16. The fraction of sp³-hybridized carbons (Fsp3) is 0.176. The number of hydrogen-bond donors (Lipinski definition) is 0. The molecule has 3 rings (SSSR count). The third-order valence-electron chi connectivity index (χ3n) is 3.64. The maximum absolute atomic E-state index is 13.0. The molecule has 0 saturated carbocycles. The third kappa shape index (κ3) is 2.44. The van der Waals surface area contributed by atoms with Crippen LogP contribution in [0.5, 0.6) is 0 Å². The van der Waals surface area contributed by atoms with Gasteiger partial charge in [-0.15, -0.1) is 0 Å². The zero-order valence-corrected chi connectivity index (χ0v) is 11.6. The van der Waals surface area contributed by atoms with E-state index in [1.807, 2.05) is 19.1 Å². The van der Waals surface area contributed by atoms with Crippen molar-refractivity contribution in [3.63, 3.8) is 0 Å². The number of rotatable bonds is 1. The van der Waals surface area contributed by atoms with Gasteiger partial charge in [0.2, 0.25) is 0 Å². The van der Waals surface area contributed by atoms with Crippen molar-refractivity contribution in [1.29, 1.82) is 0 Å². The van der Waals surface area contributed by atoms with Gasteiger partial charge in [-0.25, -0.2) is 4.39 Å². The van der Waals surface area contributed by atoms with Crippen LogP contribution in [0.1, 0.15) is 32.7 Å². The van der Waals surface area contributed by atoms with Crippen molar-refractivity contribution in [2.75, 3.05) is 11.4 Å². The fourth-order valence-corrected chi connectivity index (χ4v) is 2.54.